The molecule has 1 fully saturated rings. The number of aromatic nitrogens is 1. The maximum absolute atomic E-state index is 13.6. The van der Waals surface area contributed by atoms with Crippen LogP contribution in [0.4, 0.5) is 0 Å². The van der Waals surface area contributed by atoms with Gasteiger partial charge in [0.15, 0.2) is 0 Å². The van der Waals surface area contributed by atoms with Crippen LogP contribution < -0.4 is 0 Å². The number of fused-ring (bicyclic) bond motifs is 2. The highest BCUT2D eigenvalue weighted by Crippen LogP contribution is 2.47. The molecular weight excluding hydrogens is 502 g/mol. The van der Waals surface area contributed by atoms with Crippen molar-refractivity contribution < 1.29 is 23.9 Å². The number of ether oxygens (including phenoxy) is 2. The number of hydrogen-bond donors (Lipinski definition) is 0. The van der Waals surface area contributed by atoms with Crippen molar-refractivity contribution in [3.05, 3.63) is 33.9 Å². The molecule has 4 rings (SSSR count). The highest BCUT2D eigenvalue weighted by molar-refractivity contribution is 9.10. The molecule has 184 valence electrons. The lowest BCUT2D eigenvalue weighted by Crippen LogP contribution is -2.52. The highest BCUT2D eigenvalue weighted by Gasteiger charge is 2.43. The molecule has 0 unspecified atom stereocenters. The monoisotopic (exact) mass is 533 g/mol. The Hall–Kier alpha value is -2.39. The molecule has 1 aliphatic heterocycles. The summed E-state index contributed by atoms with van der Waals surface area (Å²) in [7, 11) is 4.18. The van der Waals surface area contributed by atoms with Gasteiger partial charge in [0.2, 0.25) is 5.91 Å². The Morgan fingerprint density at radius 1 is 1.09 bits per heavy atom. The van der Waals surface area contributed by atoms with Gasteiger partial charge < -0.3 is 23.8 Å². The summed E-state index contributed by atoms with van der Waals surface area (Å²) in [5, 5.41) is 1.31. The van der Waals surface area contributed by atoms with Crippen molar-refractivity contribution in [2.24, 2.45) is 13.0 Å². The number of esters is 2. The molecule has 1 amide bonds. The maximum atomic E-state index is 13.6. The van der Waals surface area contributed by atoms with Crippen molar-refractivity contribution in [3.8, 4) is 0 Å². The number of amides is 1. The number of halogens is 1. The molecular formula is C25H32BrN3O5. The third-order valence-corrected chi connectivity index (χ3v) is 8.18. The molecule has 2 heterocycles. The molecule has 34 heavy (non-hydrogen) atoms. The zero-order valence-electron chi connectivity index (χ0n) is 20.2. The van der Waals surface area contributed by atoms with E-state index in [4.69, 9.17) is 9.47 Å². The number of piperidine rings is 1. The Labute approximate surface area is 208 Å². The second-order valence-electron chi connectivity index (χ2n) is 9.33. The average molecular weight is 534 g/mol. The summed E-state index contributed by atoms with van der Waals surface area (Å²) in [6.45, 7) is 4.15. The number of carbonyl (C=O) groups is 3. The number of likely N-dealkylation sites (N-methyl/N-ethyl adjacent to an activating group) is 1. The topological polar surface area (TPSA) is 81.1 Å². The summed E-state index contributed by atoms with van der Waals surface area (Å²) in [6.07, 6.45) is 1.70. The van der Waals surface area contributed by atoms with Crippen LogP contribution in [-0.4, -0.2) is 78.2 Å². The first-order chi connectivity index (χ1) is 16.2. The van der Waals surface area contributed by atoms with Gasteiger partial charge in [-0.25, -0.2) is 0 Å². The van der Waals surface area contributed by atoms with Crippen molar-refractivity contribution in [2.45, 2.75) is 38.6 Å². The summed E-state index contributed by atoms with van der Waals surface area (Å²) in [5.41, 5.74) is 3.86. The van der Waals surface area contributed by atoms with Crippen molar-refractivity contribution in [3.63, 3.8) is 0 Å². The van der Waals surface area contributed by atoms with E-state index in [-0.39, 0.29) is 56.0 Å². The zero-order chi connectivity index (χ0) is 24.6. The lowest BCUT2D eigenvalue weighted by atomic mass is 9.72. The Morgan fingerprint density at radius 2 is 1.74 bits per heavy atom. The molecule has 1 aliphatic carbocycles. The van der Waals surface area contributed by atoms with E-state index in [2.05, 4.69) is 57.7 Å². The summed E-state index contributed by atoms with van der Waals surface area (Å²) >= 11 is 3.79. The molecule has 3 atom stereocenters. The Bertz CT molecular complexity index is 1090. The molecule has 0 N–H and O–H groups in total. The van der Waals surface area contributed by atoms with Crippen LogP contribution in [0.5, 0.6) is 0 Å². The average Bonchev–Trinajstić information content (AvgIpc) is 3.03. The predicted molar refractivity (Wildman–Crippen MR) is 131 cm³/mol. The van der Waals surface area contributed by atoms with Crippen LogP contribution in [0.2, 0.25) is 0 Å². The van der Waals surface area contributed by atoms with Gasteiger partial charge in [-0.05, 0) is 53.0 Å². The minimum Gasteiger partial charge on any atom is -0.464 e. The second kappa shape index (κ2) is 10.1. The van der Waals surface area contributed by atoms with Gasteiger partial charge in [0.1, 0.15) is 13.2 Å². The number of carbonyl (C=O) groups excluding carboxylic acids is 3. The van der Waals surface area contributed by atoms with Crippen LogP contribution in [0.1, 0.15) is 37.3 Å². The lowest BCUT2D eigenvalue weighted by Gasteiger charge is -2.46. The molecule has 0 spiro atoms. The molecule has 0 bridgehead atoms. The molecule has 0 radical (unpaired) electrons. The van der Waals surface area contributed by atoms with Gasteiger partial charge in [0, 0.05) is 50.3 Å². The minimum absolute atomic E-state index is 0.0109. The maximum Gasteiger partial charge on any atom is 0.302 e. The van der Waals surface area contributed by atoms with E-state index in [1.165, 1.54) is 35.9 Å². The van der Waals surface area contributed by atoms with E-state index in [0.29, 0.717) is 12.6 Å². The van der Waals surface area contributed by atoms with E-state index in [1.54, 1.807) is 4.90 Å². The van der Waals surface area contributed by atoms with Gasteiger partial charge in [0.05, 0.1) is 23.6 Å². The molecule has 1 saturated heterocycles. The van der Waals surface area contributed by atoms with E-state index < -0.39 is 0 Å². The molecule has 9 heteroatoms. The van der Waals surface area contributed by atoms with E-state index >= 15 is 0 Å². The summed E-state index contributed by atoms with van der Waals surface area (Å²) < 4.78 is 13.5. The van der Waals surface area contributed by atoms with Crippen LogP contribution in [0, 0.1) is 5.92 Å². The van der Waals surface area contributed by atoms with Crippen molar-refractivity contribution in [1.29, 1.82) is 0 Å². The highest BCUT2D eigenvalue weighted by atomic mass is 79.9. The predicted octanol–water partition coefficient (Wildman–Crippen LogP) is 2.86. The van der Waals surface area contributed by atoms with E-state index in [0.717, 1.165) is 17.4 Å². The summed E-state index contributed by atoms with van der Waals surface area (Å²) in [4.78, 5) is 40.0. The molecule has 2 aliphatic rings. The van der Waals surface area contributed by atoms with Crippen molar-refractivity contribution in [2.75, 3.05) is 39.9 Å². The largest absolute Gasteiger partial charge is 0.464 e. The minimum atomic E-state index is -0.382. The fraction of sp³-hybridized carbons (Fsp3) is 0.560. The van der Waals surface area contributed by atoms with Crippen LogP contribution in [0.15, 0.2) is 22.8 Å². The Kier molecular flexibility index (Phi) is 7.33. The van der Waals surface area contributed by atoms with Crippen LogP contribution in [-0.2, 0) is 37.3 Å². The van der Waals surface area contributed by atoms with Gasteiger partial charge >= 0.3 is 11.9 Å². The van der Waals surface area contributed by atoms with Gasteiger partial charge in [0.25, 0.3) is 0 Å². The van der Waals surface area contributed by atoms with E-state index in [1.807, 2.05) is 0 Å². The van der Waals surface area contributed by atoms with Crippen molar-refractivity contribution >= 4 is 44.7 Å². The van der Waals surface area contributed by atoms with Crippen molar-refractivity contribution in [1.82, 2.24) is 14.4 Å². The summed E-state index contributed by atoms with van der Waals surface area (Å²) in [5.74, 6) is -0.691. The van der Waals surface area contributed by atoms with Gasteiger partial charge in [-0.3, -0.25) is 14.4 Å². The lowest BCUT2D eigenvalue weighted by molar-refractivity contribution is -0.148. The first-order valence-corrected chi connectivity index (χ1v) is 12.5. The number of rotatable bonds is 7. The standard InChI is InChI=1S/C25H32BrN3O5/c1-15(30)33-10-8-29(9-11-34-16(2)31)25(32)17-12-19-18-6-5-7-21-23(18)20(24(26)28(21)4)13-22(19)27(3)14-17/h5-7,17,19,22H,8-14H2,1-4H3/t17-,19-,22-/m1/s1. The van der Waals surface area contributed by atoms with E-state index in [9.17, 15) is 14.4 Å². The quantitative estimate of drug-likeness (QED) is 0.509. The van der Waals surface area contributed by atoms with Crippen LogP contribution in [0.25, 0.3) is 10.9 Å². The molecule has 8 nitrogen and oxygen atoms in total. The Morgan fingerprint density at radius 3 is 2.35 bits per heavy atom. The smallest absolute Gasteiger partial charge is 0.302 e. The van der Waals surface area contributed by atoms with Gasteiger partial charge in [-0.1, -0.05) is 12.1 Å². The normalized spacial score (nSPS) is 21.7. The van der Waals surface area contributed by atoms with Crippen LogP contribution in [0.3, 0.4) is 0 Å². The first-order valence-electron chi connectivity index (χ1n) is 11.7. The molecule has 2 aromatic rings. The van der Waals surface area contributed by atoms with Gasteiger partial charge in [-0.2, -0.15) is 0 Å². The number of nitrogens with zero attached hydrogens (tertiary/aromatic N) is 3. The zero-order valence-corrected chi connectivity index (χ0v) is 21.8. The number of benzene rings is 1. The number of likely N-dealkylation sites (tertiary alicyclic amines) is 1. The third-order valence-electron chi connectivity index (χ3n) is 7.17. The fourth-order valence-corrected chi connectivity index (χ4v) is 6.16. The molecule has 1 aromatic carbocycles. The van der Waals surface area contributed by atoms with Gasteiger partial charge in [-0.15, -0.1) is 0 Å². The molecule has 1 aromatic heterocycles. The first kappa shape index (κ1) is 24.7. The number of aryl methyl sites for hydroxylation is 1. The Balaban J connectivity index is 1.57. The fourth-order valence-electron chi connectivity index (χ4n) is 5.61. The van der Waals surface area contributed by atoms with Crippen LogP contribution >= 0.6 is 15.9 Å². The molecule has 0 saturated carbocycles. The summed E-state index contributed by atoms with van der Waals surface area (Å²) in [6, 6.07) is 6.78. The third kappa shape index (κ3) is 4.73. The number of hydrogen-bond acceptors (Lipinski definition) is 6. The second-order valence-corrected chi connectivity index (χ2v) is 10.1. The SMILES string of the molecule is CC(=O)OCCN(CCOC(C)=O)C(=O)[C@@H]1C[C@@H]2c3cccc4c3c(c(Br)n4C)C[C@H]2N(C)C1.